The van der Waals surface area contributed by atoms with Crippen LogP contribution in [0.5, 0.6) is 11.5 Å². The normalized spacial score (nSPS) is 10.8. The number of methoxy groups -OCH3 is 1. The monoisotopic (exact) mass is 393 g/mol. The molecule has 2 aromatic carbocycles. The molecule has 1 aromatic heterocycles. The summed E-state index contributed by atoms with van der Waals surface area (Å²) in [5, 5.41) is 9.70. The van der Waals surface area contributed by atoms with Crippen molar-refractivity contribution in [2.75, 3.05) is 7.11 Å². The maximum Gasteiger partial charge on any atom is 0.191 e. The lowest BCUT2D eigenvalue weighted by molar-refractivity contribution is 0.290. The number of benzene rings is 2. The molecule has 0 aliphatic heterocycles. The van der Waals surface area contributed by atoms with Gasteiger partial charge in [-0.2, -0.15) is 0 Å². The van der Waals surface area contributed by atoms with Crippen LogP contribution in [0.25, 0.3) is 0 Å². The molecule has 0 fully saturated rings. The Morgan fingerprint density at radius 2 is 1.92 bits per heavy atom. The van der Waals surface area contributed by atoms with Crippen LogP contribution < -0.4 is 9.47 Å². The summed E-state index contributed by atoms with van der Waals surface area (Å²) in [5.74, 6) is 2.26. The highest BCUT2D eigenvalue weighted by atomic mass is 35.5. The van der Waals surface area contributed by atoms with E-state index in [1.807, 2.05) is 11.6 Å². The Bertz CT molecular complexity index is 887. The van der Waals surface area contributed by atoms with Gasteiger partial charge in [0.05, 0.1) is 7.11 Å². The van der Waals surface area contributed by atoms with Crippen molar-refractivity contribution in [3.63, 3.8) is 0 Å². The van der Waals surface area contributed by atoms with Gasteiger partial charge in [0.15, 0.2) is 11.0 Å². The SMILES string of the molecule is COc1ccc(F)cc1CSc1nnc(COc2ccc(Cl)cc2)n1C. The van der Waals surface area contributed by atoms with Gasteiger partial charge in [0, 0.05) is 23.4 Å². The third kappa shape index (κ3) is 4.47. The second-order valence-corrected chi connectivity index (χ2v) is 6.82. The zero-order valence-corrected chi connectivity index (χ0v) is 15.9. The first kappa shape index (κ1) is 18.5. The summed E-state index contributed by atoms with van der Waals surface area (Å²) in [5.41, 5.74) is 0.763. The number of ether oxygens (including phenoxy) is 2. The van der Waals surface area contributed by atoms with Crippen molar-refractivity contribution >= 4 is 23.4 Å². The fourth-order valence-corrected chi connectivity index (χ4v) is 3.31. The molecule has 0 radical (unpaired) electrons. The maximum absolute atomic E-state index is 13.5. The Morgan fingerprint density at radius 1 is 1.15 bits per heavy atom. The Balaban J connectivity index is 1.63. The molecule has 0 saturated carbocycles. The number of rotatable bonds is 7. The van der Waals surface area contributed by atoms with E-state index in [-0.39, 0.29) is 12.4 Å². The molecule has 0 bridgehead atoms. The zero-order valence-electron chi connectivity index (χ0n) is 14.3. The van der Waals surface area contributed by atoms with Crippen molar-refractivity contribution in [2.45, 2.75) is 17.5 Å². The predicted molar refractivity (Wildman–Crippen MR) is 99.3 cm³/mol. The van der Waals surface area contributed by atoms with Crippen LogP contribution in [0.1, 0.15) is 11.4 Å². The van der Waals surface area contributed by atoms with E-state index >= 15 is 0 Å². The summed E-state index contributed by atoms with van der Waals surface area (Å²) in [6.45, 7) is 0.287. The van der Waals surface area contributed by atoms with E-state index in [0.29, 0.717) is 33.3 Å². The van der Waals surface area contributed by atoms with Gasteiger partial charge in [0.2, 0.25) is 0 Å². The van der Waals surface area contributed by atoms with Crippen LogP contribution in [-0.4, -0.2) is 21.9 Å². The fourth-order valence-electron chi connectivity index (χ4n) is 2.28. The third-order valence-electron chi connectivity index (χ3n) is 3.71. The lowest BCUT2D eigenvalue weighted by atomic mass is 10.2. The molecule has 0 saturated heterocycles. The molecular weight excluding hydrogens is 377 g/mol. The Kier molecular flexibility index (Phi) is 6.00. The molecule has 1 heterocycles. The summed E-state index contributed by atoms with van der Waals surface area (Å²) < 4.78 is 26.3. The van der Waals surface area contributed by atoms with Crippen LogP contribution in [0.3, 0.4) is 0 Å². The number of hydrogen-bond acceptors (Lipinski definition) is 5. The van der Waals surface area contributed by atoms with E-state index in [4.69, 9.17) is 21.1 Å². The van der Waals surface area contributed by atoms with Crippen LogP contribution in [0, 0.1) is 5.82 Å². The number of thioether (sulfide) groups is 1. The third-order valence-corrected chi connectivity index (χ3v) is 5.03. The lowest BCUT2D eigenvalue weighted by Gasteiger charge is -2.09. The molecule has 3 rings (SSSR count). The number of hydrogen-bond donors (Lipinski definition) is 0. The average molecular weight is 394 g/mol. The van der Waals surface area contributed by atoms with Crippen LogP contribution in [0.4, 0.5) is 4.39 Å². The number of halogens is 2. The van der Waals surface area contributed by atoms with Crippen LogP contribution in [0.15, 0.2) is 47.6 Å². The second kappa shape index (κ2) is 8.42. The molecule has 3 aromatic rings. The van der Waals surface area contributed by atoms with Gasteiger partial charge in [0.25, 0.3) is 0 Å². The number of nitrogens with zero attached hydrogens (tertiary/aromatic N) is 3. The standard InChI is InChI=1S/C18H17ClFN3O2S/c1-23-17(10-25-15-6-3-13(19)4-7-15)21-22-18(23)26-11-12-9-14(20)5-8-16(12)24-2/h3-9H,10-11H2,1-2H3. The van der Waals surface area contributed by atoms with Crippen LogP contribution >= 0.6 is 23.4 Å². The minimum Gasteiger partial charge on any atom is -0.496 e. The van der Waals surface area contributed by atoms with Gasteiger partial charge < -0.3 is 14.0 Å². The molecule has 0 unspecified atom stereocenters. The van der Waals surface area contributed by atoms with E-state index in [0.717, 1.165) is 5.56 Å². The minimum atomic E-state index is -0.295. The lowest BCUT2D eigenvalue weighted by Crippen LogP contribution is -2.04. The largest absolute Gasteiger partial charge is 0.496 e. The highest BCUT2D eigenvalue weighted by molar-refractivity contribution is 7.98. The molecule has 5 nitrogen and oxygen atoms in total. The predicted octanol–water partition coefficient (Wildman–Crippen LogP) is 4.49. The van der Waals surface area contributed by atoms with E-state index in [9.17, 15) is 4.39 Å². The second-order valence-electron chi connectivity index (χ2n) is 5.45. The molecule has 0 aliphatic carbocycles. The summed E-state index contributed by atoms with van der Waals surface area (Å²) in [7, 11) is 3.43. The first-order valence-electron chi connectivity index (χ1n) is 7.78. The van der Waals surface area contributed by atoms with Gasteiger partial charge in [-0.25, -0.2) is 4.39 Å². The first-order valence-corrected chi connectivity index (χ1v) is 9.15. The van der Waals surface area contributed by atoms with Gasteiger partial charge in [-0.15, -0.1) is 10.2 Å². The molecule has 136 valence electrons. The van der Waals surface area contributed by atoms with Gasteiger partial charge in [-0.05, 0) is 42.5 Å². The highest BCUT2D eigenvalue weighted by Crippen LogP contribution is 2.28. The van der Waals surface area contributed by atoms with Gasteiger partial charge in [-0.3, -0.25) is 0 Å². The smallest absolute Gasteiger partial charge is 0.191 e. The van der Waals surface area contributed by atoms with Gasteiger partial charge in [-0.1, -0.05) is 23.4 Å². The molecule has 26 heavy (non-hydrogen) atoms. The maximum atomic E-state index is 13.5. The van der Waals surface area contributed by atoms with Crippen molar-refractivity contribution in [3.05, 3.63) is 64.7 Å². The zero-order chi connectivity index (χ0) is 18.5. The van der Waals surface area contributed by atoms with E-state index < -0.39 is 0 Å². The van der Waals surface area contributed by atoms with Crippen LogP contribution in [-0.2, 0) is 19.4 Å². The first-order chi connectivity index (χ1) is 12.6. The van der Waals surface area contributed by atoms with Crippen LogP contribution in [0.2, 0.25) is 5.02 Å². The van der Waals surface area contributed by atoms with Gasteiger partial charge >= 0.3 is 0 Å². The van der Waals surface area contributed by atoms with Crippen molar-refractivity contribution in [2.24, 2.45) is 7.05 Å². The quantitative estimate of drug-likeness (QED) is 0.553. The Morgan fingerprint density at radius 3 is 2.65 bits per heavy atom. The van der Waals surface area contributed by atoms with Crippen molar-refractivity contribution in [3.8, 4) is 11.5 Å². The molecule has 0 atom stereocenters. The van der Waals surface area contributed by atoms with Crippen molar-refractivity contribution < 1.29 is 13.9 Å². The van der Waals surface area contributed by atoms with Crippen molar-refractivity contribution in [1.82, 2.24) is 14.8 Å². The van der Waals surface area contributed by atoms with E-state index in [2.05, 4.69) is 10.2 Å². The summed E-state index contributed by atoms with van der Waals surface area (Å²) in [6.07, 6.45) is 0. The molecular formula is C18H17ClFN3O2S. The Hall–Kier alpha value is -2.25. The Labute approximate surface area is 160 Å². The number of aromatic nitrogens is 3. The fraction of sp³-hybridized carbons (Fsp3) is 0.222. The molecule has 8 heteroatoms. The molecule has 0 aliphatic rings. The van der Waals surface area contributed by atoms with E-state index in [1.165, 1.54) is 23.9 Å². The highest BCUT2D eigenvalue weighted by Gasteiger charge is 2.12. The summed E-state index contributed by atoms with van der Waals surface area (Å²) in [6, 6.07) is 11.6. The molecule has 0 spiro atoms. The van der Waals surface area contributed by atoms with E-state index in [1.54, 1.807) is 37.4 Å². The summed E-state index contributed by atoms with van der Waals surface area (Å²) in [4.78, 5) is 0. The molecule has 0 N–H and O–H groups in total. The van der Waals surface area contributed by atoms with Crippen molar-refractivity contribution in [1.29, 1.82) is 0 Å². The molecule has 0 amide bonds. The topological polar surface area (TPSA) is 49.2 Å². The average Bonchev–Trinajstić information content (AvgIpc) is 2.99. The minimum absolute atomic E-state index is 0.287. The summed E-state index contributed by atoms with van der Waals surface area (Å²) >= 11 is 7.31. The van der Waals surface area contributed by atoms with Gasteiger partial charge in [0.1, 0.15) is 23.9 Å².